The largest absolute Gasteiger partial charge is 0.368 e. The third-order valence-corrected chi connectivity index (χ3v) is 3.10. The lowest BCUT2D eigenvalue weighted by Crippen LogP contribution is -2.39. The molecule has 1 fully saturated rings. The van der Waals surface area contributed by atoms with Gasteiger partial charge in [-0.25, -0.2) is 4.39 Å². The lowest BCUT2D eigenvalue weighted by molar-refractivity contribution is -0.135. The van der Waals surface area contributed by atoms with E-state index in [4.69, 9.17) is 4.74 Å². The molecular weight excluding hydrogens is 233 g/mol. The van der Waals surface area contributed by atoms with Crippen molar-refractivity contribution in [3.05, 3.63) is 35.6 Å². The maximum Gasteiger partial charge on any atom is 0.249 e. The number of carbonyl (C=O) groups is 1. The molecule has 1 amide bonds. The SMILES string of the molecule is O=C(NCCc1ccc(F)cc1)[C@H]1CCCCO1. The Hall–Kier alpha value is -1.42. The molecule has 0 saturated carbocycles. The number of halogens is 1. The Morgan fingerprint density at radius 2 is 2.11 bits per heavy atom. The summed E-state index contributed by atoms with van der Waals surface area (Å²) in [7, 11) is 0. The molecule has 1 aromatic carbocycles. The van der Waals surface area contributed by atoms with E-state index in [-0.39, 0.29) is 17.8 Å². The molecule has 4 heteroatoms. The van der Waals surface area contributed by atoms with Gasteiger partial charge in [0.25, 0.3) is 0 Å². The predicted molar refractivity (Wildman–Crippen MR) is 66.7 cm³/mol. The Bertz CT molecular complexity index is 385. The minimum absolute atomic E-state index is 0.0307. The van der Waals surface area contributed by atoms with E-state index in [0.717, 1.165) is 24.8 Å². The first-order valence-corrected chi connectivity index (χ1v) is 6.39. The topological polar surface area (TPSA) is 38.3 Å². The van der Waals surface area contributed by atoms with Crippen molar-refractivity contribution in [2.45, 2.75) is 31.8 Å². The Kier molecular flexibility index (Phi) is 4.70. The van der Waals surface area contributed by atoms with Crippen molar-refractivity contribution in [2.24, 2.45) is 0 Å². The summed E-state index contributed by atoms with van der Waals surface area (Å²) in [5.41, 5.74) is 1.02. The number of rotatable bonds is 4. The van der Waals surface area contributed by atoms with Crippen LogP contribution in [0.15, 0.2) is 24.3 Å². The predicted octanol–water partition coefficient (Wildman–Crippen LogP) is 2.05. The summed E-state index contributed by atoms with van der Waals surface area (Å²) in [5, 5.41) is 2.86. The van der Waals surface area contributed by atoms with Gasteiger partial charge in [-0.3, -0.25) is 4.79 Å². The number of benzene rings is 1. The summed E-state index contributed by atoms with van der Waals surface area (Å²) in [6.07, 6.45) is 3.32. The van der Waals surface area contributed by atoms with Gasteiger partial charge < -0.3 is 10.1 Å². The van der Waals surface area contributed by atoms with E-state index in [1.54, 1.807) is 12.1 Å². The molecule has 2 rings (SSSR count). The van der Waals surface area contributed by atoms with Crippen LogP contribution in [-0.4, -0.2) is 25.2 Å². The number of amides is 1. The van der Waals surface area contributed by atoms with E-state index in [1.807, 2.05) is 0 Å². The molecule has 1 aliphatic heterocycles. The van der Waals surface area contributed by atoms with Gasteiger partial charge in [0.05, 0.1) is 0 Å². The Labute approximate surface area is 106 Å². The van der Waals surface area contributed by atoms with Crippen LogP contribution in [0.3, 0.4) is 0 Å². The zero-order chi connectivity index (χ0) is 12.8. The average Bonchev–Trinajstić information content (AvgIpc) is 2.42. The fourth-order valence-corrected chi connectivity index (χ4v) is 2.04. The first-order valence-electron chi connectivity index (χ1n) is 6.39. The molecular formula is C14H18FNO2. The van der Waals surface area contributed by atoms with Gasteiger partial charge in [-0.15, -0.1) is 0 Å². The second-order valence-electron chi connectivity index (χ2n) is 4.52. The van der Waals surface area contributed by atoms with Crippen LogP contribution in [0.1, 0.15) is 24.8 Å². The van der Waals surface area contributed by atoms with Crippen LogP contribution in [0.5, 0.6) is 0 Å². The zero-order valence-corrected chi connectivity index (χ0v) is 10.3. The van der Waals surface area contributed by atoms with Crippen LogP contribution in [-0.2, 0) is 16.0 Å². The van der Waals surface area contributed by atoms with Crippen LogP contribution in [0.25, 0.3) is 0 Å². The molecule has 1 N–H and O–H groups in total. The Balaban J connectivity index is 1.71. The van der Waals surface area contributed by atoms with Crippen LogP contribution < -0.4 is 5.32 Å². The number of nitrogens with one attached hydrogen (secondary N) is 1. The Morgan fingerprint density at radius 3 is 2.78 bits per heavy atom. The second kappa shape index (κ2) is 6.50. The van der Waals surface area contributed by atoms with Gasteiger partial charge in [0.2, 0.25) is 5.91 Å². The van der Waals surface area contributed by atoms with E-state index in [9.17, 15) is 9.18 Å². The Morgan fingerprint density at radius 1 is 1.33 bits per heavy atom. The fourth-order valence-electron chi connectivity index (χ4n) is 2.04. The lowest BCUT2D eigenvalue weighted by atomic mass is 10.1. The van der Waals surface area contributed by atoms with Crippen molar-refractivity contribution in [3.63, 3.8) is 0 Å². The average molecular weight is 251 g/mol. The molecule has 1 saturated heterocycles. The summed E-state index contributed by atoms with van der Waals surface area (Å²) >= 11 is 0. The normalized spacial score (nSPS) is 19.5. The highest BCUT2D eigenvalue weighted by molar-refractivity contribution is 5.80. The molecule has 98 valence electrons. The van der Waals surface area contributed by atoms with Crippen LogP contribution in [0.2, 0.25) is 0 Å². The number of carbonyl (C=O) groups excluding carboxylic acids is 1. The molecule has 0 aliphatic carbocycles. The summed E-state index contributed by atoms with van der Waals surface area (Å²) in [6.45, 7) is 1.24. The summed E-state index contributed by atoms with van der Waals surface area (Å²) in [6, 6.07) is 6.33. The molecule has 1 aliphatic rings. The van der Waals surface area contributed by atoms with Gasteiger partial charge in [0.15, 0.2) is 0 Å². The molecule has 0 bridgehead atoms. The maximum atomic E-state index is 12.7. The van der Waals surface area contributed by atoms with Crippen LogP contribution in [0, 0.1) is 5.82 Å². The molecule has 0 spiro atoms. The molecule has 3 nitrogen and oxygen atoms in total. The van der Waals surface area contributed by atoms with Gasteiger partial charge in [-0.1, -0.05) is 12.1 Å². The quantitative estimate of drug-likeness (QED) is 0.889. The smallest absolute Gasteiger partial charge is 0.249 e. The second-order valence-corrected chi connectivity index (χ2v) is 4.52. The van der Waals surface area contributed by atoms with Crippen molar-refractivity contribution in [1.82, 2.24) is 5.32 Å². The molecule has 1 heterocycles. The first-order chi connectivity index (χ1) is 8.75. The minimum Gasteiger partial charge on any atom is -0.368 e. The van der Waals surface area contributed by atoms with Crippen LogP contribution >= 0.6 is 0 Å². The summed E-state index contributed by atoms with van der Waals surface area (Å²) in [4.78, 5) is 11.7. The van der Waals surface area contributed by atoms with Crippen LogP contribution in [0.4, 0.5) is 4.39 Å². The monoisotopic (exact) mass is 251 g/mol. The molecule has 0 unspecified atom stereocenters. The number of hydrogen-bond acceptors (Lipinski definition) is 2. The van der Waals surface area contributed by atoms with E-state index in [2.05, 4.69) is 5.32 Å². The third kappa shape index (κ3) is 3.81. The maximum absolute atomic E-state index is 12.7. The highest BCUT2D eigenvalue weighted by Gasteiger charge is 2.21. The van der Waals surface area contributed by atoms with Crippen molar-refractivity contribution in [1.29, 1.82) is 0 Å². The van der Waals surface area contributed by atoms with Gasteiger partial charge in [-0.05, 0) is 43.4 Å². The van der Waals surface area contributed by atoms with E-state index in [1.165, 1.54) is 12.1 Å². The molecule has 0 aromatic heterocycles. The van der Waals surface area contributed by atoms with Crippen molar-refractivity contribution < 1.29 is 13.9 Å². The standard InChI is InChI=1S/C14H18FNO2/c15-12-6-4-11(5-7-12)8-9-16-14(17)13-3-1-2-10-18-13/h4-7,13H,1-3,8-10H2,(H,16,17)/t13-/m1/s1. The fraction of sp³-hybridized carbons (Fsp3) is 0.500. The minimum atomic E-state index is -0.285. The van der Waals surface area contributed by atoms with Gasteiger partial charge in [0.1, 0.15) is 11.9 Å². The van der Waals surface area contributed by atoms with Gasteiger partial charge >= 0.3 is 0 Å². The highest BCUT2D eigenvalue weighted by atomic mass is 19.1. The number of ether oxygens (including phenoxy) is 1. The molecule has 1 atom stereocenters. The van der Waals surface area contributed by atoms with Crippen molar-refractivity contribution >= 4 is 5.91 Å². The summed E-state index contributed by atoms with van der Waals surface area (Å²) in [5.74, 6) is -0.268. The summed E-state index contributed by atoms with van der Waals surface area (Å²) < 4.78 is 18.1. The molecule has 1 aromatic rings. The lowest BCUT2D eigenvalue weighted by Gasteiger charge is -2.21. The molecule has 18 heavy (non-hydrogen) atoms. The van der Waals surface area contributed by atoms with E-state index >= 15 is 0 Å². The number of hydrogen-bond donors (Lipinski definition) is 1. The molecule has 0 radical (unpaired) electrons. The van der Waals surface area contributed by atoms with Gasteiger partial charge in [0, 0.05) is 13.2 Å². The van der Waals surface area contributed by atoms with Crippen molar-refractivity contribution in [2.75, 3.05) is 13.2 Å². The van der Waals surface area contributed by atoms with E-state index in [0.29, 0.717) is 19.6 Å². The van der Waals surface area contributed by atoms with E-state index < -0.39 is 0 Å². The van der Waals surface area contributed by atoms with Gasteiger partial charge in [-0.2, -0.15) is 0 Å². The zero-order valence-electron chi connectivity index (χ0n) is 10.3. The first kappa shape index (κ1) is 13.0. The third-order valence-electron chi connectivity index (χ3n) is 3.10. The van der Waals surface area contributed by atoms with Crippen molar-refractivity contribution in [3.8, 4) is 0 Å². The highest BCUT2D eigenvalue weighted by Crippen LogP contribution is 2.12.